The number of hydrogen-bond acceptors (Lipinski definition) is 5. The first-order valence-corrected chi connectivity index (χ1v) is 10.5. The van der Waals surface area contributed by atoms with Crippen molar-refractivity contribution >= 4 is 37.4 Å². The number of nitrogens with zero attached hydrogens (tertiary/aromatic N) is 1. The third kappa shape index (κ3) is 3.10. The van der Waals surface area contributed by atoms with Crippen LogP contribution in [0.25, 0.3) is 0 Å². The number of para-hydroxylation sites is 1. The van der Waals surface area contributed by atoms with Gasteiger partial charge in [-0.05, 0) is 25.0 Å². The Bertz CT molecular complexity index is 584. The average Bonchev–Trinajstić information content (AvgIpc) is 2.75. The predicted octanol–water partition coefficient (Wildman–Crippen LogP) is 3.75. The van der Waals surface area contributed by atoms with Gasteiger partial charge in [0.1, 0.15) is 4.71 Å². The van der Waals surface area contributed by atoms with Crippen molar-refractivity contribution in [2.45, 2.75) is 47.7 Å². The number of hydrogen-bond donors (Lipinski definition) is 1. The van der Waals surface area contributed by atoms with Crippen LogP contribution in [-0.2, 0) is 9.15 Å². The Balaban J connectivity index is 1.91. The SMILES string of the molecule is O=S(=O)(O)SC1Sc2ccccc2N1C1CCCCC1. The molecule has 1 N–H and O–H groups in total. The van der Waals surface area contributed by atoms with E-state index in [9.17, 15) is 8.42 Å². The van der Waals surface area contributed by atoms with Crippen LogP contribution in [0.2, 0.25) is 0 Å². The number of thioether (sulfide) groups is 1. The van der Waals surface area contributed by atoms with Crippen molar-refractivity contribution in [3.63, 3.8) is 0 Å². The summed E-state index contributed by atoms with van der Waals surface area (Å²) in [5, 5.41) is 0. The van der Waals surface area contributed by atoms with Crippen molar-refractivity contribution in [3.05, 3.63) is 24.3 Å². The summed E-state index contributed by atoms with van der Waals surface area (Å²) in [5.74, 6) is 0. The Labute approximate surface area is 127 Å². The third-order valence-electron chi connectivity index (χ3n) is 3.77. The summed E-state index contributed by atoms with van der Waals surface area (Å²) in [4.78, 5) is 3.29. The zero-order valence-electron chi connectivity index (χ0n) is 10.9. The molecule has 110 valence electrons. The van der Waals surface area contributed by atoms with Crippen LogP contribution in [0.1, 0.15) is 32.1 Å². The second kappa shape index (κ2) is 5.79. The van der Waals surface area contributed by atoms with Gasteiger partial charge in [-0.2, -0.15) is 8.42 Å². The molecule has 0 spiro atoms. The first-order valence-electron chi connectivity index (χ1n) is 6.74. The zero-order valence-corrected chi connectivity index (χ0v) is 13.4. The molecule has 1 atom stereocenters. The van der Waals surface area contributed by atoms with E-state index in [1.807, 2.05) is 24.3 Å². The molecule has 1 fully saturated rings. The lowest BCUT2D eigenvalue weighted by atomic mass is 9.94. The highest BCUT2D eigenvalue weighted by atomic mass is 33.2. The lowest BCUT2D eigenvalue weighted by Crippen LogP contribution is -2.39. The fourth-order valence-corrected chi connectivity index (χ4v) is 7.22. The molecule has 7 heteroatoms. The summed E-state index contributed by atoms with van der Waals surface area (Å²) >= 11 is 1.51. The molecule has 1 aliphatic heterocycles. The van der Waals surface area contributed by atoms with E-state index in [0.717, 1.165) is 23.4 Å². The zero-order chi connectivity index (χ0) is 14.2. The van der Waals surface area contributed by atoms with Crippen LogP contribution in [0.3, 0.4) is 0 Å². The smallest absolute Gasteiger partial charge is 0.322 e. The number of benzene rings is 1. The van der Waals surface area contributed by atoms with Crippen molar-refractivity contribution in [3.8, 4) is 0 Å². The topological polar surface area (TPSA) is 57.6 Å². The molecule has 0 bridgehead atoms. The van der Waals surface area contributed by atoms with Crippen LogP contribution in [0.4, 0.5) is 5.69 Å². The van der Waals surface area contributed by atoms with E-state index < -0.39 is 9.15 Å². The van der Waals surface area contributed by atoms with Gasteiger partial charge in [-0.25, -0.2) is 0 Å². The standard InChI is InChI=1S/C13H17NO3S3/c15-20(16,17)19-13-14(10-6-2-1-3-7-10)11-8-4-5-9-12(11)18-13/h4-5,8-10,13H,1-3,6-7H2,(H,15,16,17). The summed E-state index contributed by atoms with van der Waals surface area (Å²) in [6.07, 6.45) is 5.83. The largest absolute Gasteiger partial charge is 0.346 e. The minimum absolute atomic E-state index is 0.287. The predicted molar refractivity (Wildman–Crippen MR) is 84.6 cm³/mol. The monoisotopic (exact) mass is 331 g/mol. The molecule has 1 aliphatic carbocycles. The minimum Gasteiger partial charge on any atom is -0.346 e. The lowest BCUT2D eigenvalue weighted by Gasteiger charge is -2.36. The summed E-state index contributed by atoms with van der Waals surface area (Å²) in [6.45, 7) is 0. The Kier molecular flexibility index (Phi) is 4.21. The number of rotatable bonds is 3. The van der Waals surface area contributed by atoms with Gasteiger partial charge in [0.15, 0.2) is 0 Å². The molecular formula is C13H17NO3S3. The van der Waals surface area contributed by atoms with E-state index in [4.69, 9.17) is 4.55 Å². The van der Waals surface area contributed by atoms with E-state index in [1.54, 1.807) is 0 Å². The summed E-state index contributed by atoms with van der Waals surface area (Å²) in [7, 11) is -3.40. The van der Waals surface area contributed by atoms with Gasteiger partial charge >= 0.3 is 9.15 Å². The van der Waals surface area contributed by atoms with Gasteiger partial charge in [-0.3, -0.25) is 4.55 Å². The molecule has 0 aromatic heterocycles. The van der Waals surface area contributed by atoms with Gasteiger partial charge in [0.25, 0.3) is 0 Å². The van der Waals surface area contributed by atoms with Gasteiger partial charge in [0, 0.05) is 21.7 Å². The van der Waals surface area contributed by atoms with E-state index in [2.05, 4.69) is 4.90 Å². The summed E-state index contributed by atoms with van der Waals surface area (Å²) in [6, 6.07) is 8.38. The quantitative estimate of drug-likeness (QED) is 0.672. The minimum atomic E-state index is -4.04. The molecule has 1 aromatic carbocycles. The van der Waals surface area contributed by atoms with Crippen LogP contribution < -0.4 is 4.90 Å². The van der Waals surface area contributed by atoms with Crippen molar-refractivity contribution in [1.82, 2.24) is 0 Å². The van der Waals surface area contributed by atoms with Crippen molar-refractivity contribution in [2.75, 3.05) is 4.90 Å². The van der Waals surface area contributed by atoms with E-state index in [-0.39, 0.29) is 4.71 Å². The van der Waals surface area contributed by atoms with Gasteiger partial charge in [0.2, 0.25) is 0 Å². The van der Waals surface area contributed by atoms with Crippen LogP contribution in [0.15, 0.2) is 29.2 Å². The maximum Gasteiger partial charge on any atom is 0.322 e. The first kappa shape index (κ1) is 14.6. The Hall–Kier alpha value is -0.370. The average molecular weight is 331 g/mol. The van der Waals surface area contributed by atoms with Gasteiger partial charge in [-0.1, -0.05) is 43.2 Å². The van der Waals surface area contributed by atoms with Crippen molar-refractivity contribution < 1.29 is 13.0 Å². The van der Waals surface area contributed by atoms with E-state index >= 15 is 0 Å². The molecule has 1 unspecified atom stereocenters. The molecule has 0 radical (unpaired) electrons. The van der Waals surface area contributed by atoms with E-state index in [0.29, 0.717) is 16.8 Å². The molecule has 1 saturated carbocycles. The highest BCUT2D eigenvalue weighted by molar-refractivity contribution is 8.72. The Morgan fingerprint density at radius 3 is 2.60 bits per heavy atom. The maximum atomic E-state index is 11.2. The van der Waals surface area contributed by atoms with Crippen LogP contribution in [0, 0.1) is 0 Å². The van der Waals surface area contributed by atoms with Crippen molar-refractivity contribution in [2.24, 2.45) is 0 Å². The second-order valence-electron chi connectivity index (χ2n) is 5.12. The molecule has 0 saturated heterocycles. The molecule has 4 nitrogen and oxygen atoms in total. The fourth-order valence-electron chi connectivity index (χ4n) is 2.95. The molecule has 0 amide bonds. The molecular weight excluding hydrogens is 314 g/mol. The van der Waals surface area contributed by atoms with Gasteiger partial charge in [0.05, 0.1) is 5.69 Å². The highest BCUT2D eigenvalue weighted by Gasteiger charge is 2.38. The molecule has 2 aliphatic rings. The second-order valence-corrected chi connectivity index (χ2v) is 9.87. The van der Waals surface area contributed by atoms with Crippen molar-refractivity contribution in [1.29, 1.82) is 0 Å². The van der Waals surface area contributed by atoms with Gasteiger partial charge in [-0.15, -0.1) is 0 Å². The molecule has 1 heterocycles. The first-order chi connectivity index (χ1) is 9.54. The molecule has 20 heavy (non-hydrogen) atoms. The Morgan fingerprint density at radius 1 is 1.20 bits per heavy atom. The summed E-state index contributed by atoms with van der Waals surface area (Å²) < 4.78 is 31.4. The fraction of sp³-hybridized carbons (Fsp3) is 0.538. The molecule has 3 rings (SSSR count). The van der Waals surface area contributed by atoms with Crippen LogP contribution >= 0.6 is 22.6 Å². The summed E-state index contributed by atoms with van der Waals surface area (Å²) in [5.41, 5.74) is 1.10. The van der Waals surface area contributed by atoms with Crippen LogP contribution in [0.5, 0.6) is 0 Å². The third-order valence-corrected chi connectivity index (χ3v) is 7.65. The highest BCUT2D eigenvalue weighted by Crippen LogP contribution is 2.50. The Morgan fingerprint density at radius 2 is 1.90 bits per heavy atom. The number of anilines is 1. The van der Waals surface area contributed by atoms with Crippen LogP contribution in [-0.4, -0.2) is 23.7 Å². The maximum absolute atomic E-state index is 11.2. The number of fused-ring (bicyclic) bond motifs is 1. The van der Waals surface area contributed by atoms with Gasteiger partial charge < -0.3 is 4.90 Å². The lowest BCUT2D eigenvalue weighted by molar-refractivity contribution is 0.422. The molecule has 1 aromatic rings. The van der Waals surface area contributed by atoms with E-state index in [1.165, 1.54) is 31.0 Å². The normalized spacial score (nSPS) is 23.9.